The lowest BCUT2D eigenvalue weighted by atomic mass is 10.2. The molecule has 1 N–H and O–H groups in total. The van der Waals surface area contributed by atoms with E-state index in [-0.39, 0.29) is 17.2 Å². The summed E-state index contributed by atoms with van der Waals surface area (Å²) in [6.07, 6.45) is 0. The summed E-state index contributed by atoms with van der Waals surface area (Å²) < 4.78 is 54.1. The maximum absolute atomic E-state index is 12.8. The Morgan fingerprint density at radius 2 is 1.37 bits per heavy atom. The lowest BCUT2D eigenvalue weighted by molar-refractivity contribution is 0.323. The second-order valence-electron chi connectivity index (χ2n) is 5.37. The second-order valence-corrected chi connectivity index (χ2v) is 7.11. The number of benzene rings is 2. The molecule has 0 saturated carbocycles. The standard InChI is InChI=1S/C18H23NO7S/c1-22-13-6-7-14(23-2)17(10-13)27(20,21)19-11-12-8-15(24-3)18(26-5)16(9-12)25-4/h6-10,19H,11H2,1-5H3. The Morgan fingerprint density at radius 3 is 1.85 bits per heavy atom. The normalized spacial score (nSPS) is 11.0. The first kappa shape index (κ1) is 20.7. The number of rotatable bonds is 9. The van der Waals surface area contributed by atoms with Gasteiger partial charge in [-0.25, -0.2) is 13.1 Å². The second kappa shape index (κ2) is 8.83. The van der Waals surface area contributed by atoms with Crippen LogP contribution in [0.2, 0.25) is 0 Å². The first-order valence-electron chi connectivity index (χ1n) is 7.90. The van der Waals surface area contributed by atoms with Crippen molar-refractivity contribution in [2.45, 2.75) is 11.4 Å². The fraction of sp³-hybridized carbons (Fsp3) is 0.333. The molecule has 0 spiro atoms. The summed E-state index contributed by atoms with van der Waals surface area (Å²) in [5, 5.41) is 0. The highest BCUT2D eigenvalue weighted by Gasteiger charge is 2.21. The fourth-order valence-corrected chi connectivity index (χ4v) is 3.69. The van der Waals surface area contributed by atoms with Crippen LogP contribution in [0.5, 0.6) is 28.7 Å². The molecule has 0 aliphatic carbocycles. The molecule has 0 amide bonds. The van der Waals surface area contributed by atoms with Crippen molar-refractivity contribution in [1.82, 2.24) is 4.72 Å². The molecule has 0 aliphatic heterocycles. The van der Waals surface area contributed by atoms with Crippen LogP contribution in [0.1, 0.15) is 5.56 Å². The first-order valence-corrected chi connectivity index (χ1v) is 9.39. The molecule has 0 aliphatic rings. The SMILES string of the molecule is COc1ccc(OC)c(S(=O)(=O)NCc2cc(OC)c(OC)c(OC)c2)c1. The van der Waals surface area contributed by atoms with E-state index in [1.54, 1.807) is 18.2 Å². The third-order valence-corrected chi connectivity index (χ3v) is 5.27. The van der Waals surface area contributed by atoms with Crippen molar-refractivity contribution in [2.75, 3.05) is 35.5 Å². The van der Waals surface area contributed by atoms with Gasteiger partial charge in [-0.15, -0.1) is 0 Å². The maximum Gasteiger partial charge on any atom is 0.244 e. The number of ether oxygens (including phenoxy) is 5. The molecular weight excluding hydrogens is 374 g/mol. The Kier molecular flexibility index (Phi) is 6.75. The van der Waals surface area contributed by atoms with Gasteiger partial charge in [-0.3, -0.25) is 0 Å². The van der Waals surface area contributed by atoms with E-state index in [2.05, 4.69) is 4.72 Å². The zero-order chi connectivity index (χ0) is 20.0. The summed E-state index contributed by atoms with van der Waals surface area (Å²) in [4.78, 5) is -0.0169. The molecule has 0 heterocycles. The lowest BCUT2D eigenvalue weighted by Gasteiger charge is -2.15. The van der Waals surface area contributed by atoms with Crippen LogP contribution >= 0.6 is 0 Å². The topological polar surface area (TPSA) is 92.3 Å². The summed E-state index contributed by atoms with van der Waals surface area (Å²) in [6, 6.07) is 7.90. The van der Waals surface area contributed by atoms with Crippen molar-refractivity contribution in [2.24, 2.45) is 0 Å². The van der Waals surface area contributed by atoms with Gasteiger partial charge in [0.05, 0.1) is 35.5 Å². The predicted octanol–water partition coefficient (Wildman–Crippen LogP) is 2.21. The van der Waals surface area contributed by atoms with Gasteiger partial charge in [0.1, 0.15) is 16.4 Å². The quantitative estimate of drug-likeness (QED) is 0.693. The van der Waals surface area contributed by atoms with Crippen LogP contribution in [-0.4, -0.2) is 44.0 Å². The summed E-state index contributed by atoms with van der Waals surface area (Å²) in [5.41, 5.74) is 0.634. The molecule has 0 bridgehead atoms. The van der Waals surface area contributed by atoms with E-state index < -0.39 is 10.0 Å². The molecule has 0 aromatic heterocycles. The molecule has 0 saturated heterocycles. The summed E-state index contributed by atoms with van der Waals surface area (Å²) in [7, 11) is 3.49. The highest BCUT2D eigenvalue weighted by atomic mass is 32.2. The Morgan fingerprint density at radius 1 is 0.778 bits per heavy atom. The minimum atomic E-state index is -3.86. The average Bonchev–Trinajstić information content (AvgIpc) is 2.70. The van der Waals surface area contributed by atoms with Crippen LogP contribution in [0, 0.1) is 0 Å². The molecule has 0 atom stereocenters. The van der Waals surface area contributed by atoms with Gasteiger partial charge in [-0.1, -0.05) is 0 Å². The lowest BCUT2D eigenvalue weighted by Crippen LogP contribution is -2.24. The smallest absolute Gasteiger partial charge is 0.244 e. The average molecular weight is 397 g/mol. The molecule has 0 unspecified atom stereocenters. The van der Waals surface area contributed by atoms with Crippen molar-refractivity contribution in [3.8, 4) is 28.7 Å². The number of methoxy groups -OCH3 is 5. The minimum absolute atomic E-state index is 0.0133. The highest BCUT2D eigenvalue weighted by Crippen LogP contribution is 2.38. The Bertz CT molecular complexity index is 872. The molecule has 0 fully saturated rings. The van der Waals surface area contributed by atoms with Crippen molar-refractivity contribution >= 4 is 10.0 Å². The van der Waals surface area contributed by atoms with E-state index in [1.807, 2.05) is 0 Å². The molecule has 0 radical (unpaired) electrons. The zero-order valence-electron chi connectivity index (χ0n) is 15.9. The van der Waals surface area contributed by atoms with E-state index in [4.69, 9.17) is 23.7 Å². The van der Waals surface area contributed by atoms with Crippen LogP contribution in [0.25, 0.3) is 0 Å². The molecule has 8 nitrogen and oxygen atoms in total. The van der Waals surface area contributed by atoms with Gasteiger partial charge in [-0.05, 0) is 29.8 Å². The van der Waals surface area contributed by atoms with Crippen molar-refractivity contribution < 1.29 is 32.1 Å². The van der Waals surface area contributed by atoms with E-state index in [0.29, 0.717) is 28.6 Å². The van der Waals surface area contributed by atoms with Crippen LogP contribution < -0.4 is 28.4 Å². The minimum Gasteiger partial charge on any atom is -0.497 e. The Balaban J connectivity index is 2.33. The molecule has 2 rings (SSSR count). The van der Waals surface area contributed by atoms with E-state index >= 15 is 0 Å². The van der Waals surface area contributed by atoms with Crippen LogP contribution in [-0.2, 0) is 16.6 Å². The molecular formula is C18H23NO7S. The van der Waals surface area contributed by atoms with Gasteiger partial charge in [0.25, 0.3) is 0 Å². The third kappa shape index (κ3) is 4.55. The monoisotopic (exact) mass is 397 g/mol. The van der Waals surface area contributed by atoms with E-state index in [1.165, 1.54) is 47.7 Å². The van der Waals surface area contributed by atoms with E-state index in [9.17, 15) is 8.42 Å². The van der Waals surface area contributed by atoms with Gasteiger partial charge in [-0.2, -0.15) is 0 Å². The Labute approximate surface area is 159 Å². The van der Waals surface area contributed by atoms with Crippen LogP contribution in [0.3, 0.4) is 0 Å². The van der Waals surface area contributed by atoms with Gasteiger partial charge in [0, 0.05) is 12.6 Å². The van der Waals surface area contributed by atoms with Crippen molar-refractivity contribution in [1.29, 1.82) is 0 Å². The van der Waals surface area contributed by atoms with Gasteiger partial charge < -0.3 is 23.7 Å². The molecule has 2 aromatic carbocycles. The third-order valence-electron chi connectivity index (χ3n) is 3.85. The first-order chi connectivity index (χ1) is 12.9. The molecule has 2 aromatic rings. The number of hydrogen-bond donors (Lipinski definition) is 1. The van der Waals surface area contributed by atoms with E-state index in [0.717, 1.165) is 0 Å². The number of nitrogens with one attached hydrogen (secondary N) is 1. The van der Waals surface area contributed by atoms with Crippen LogP contribution in [0.4, 0.5) is 0 Å². The number of sulfonamides is 1. The molecule has 148 valence electrons. The largest absolute Gasteiger partial charge is 0.497 e. The summed E-state index contributed by atoms with van der Waals surface area (Å²) in [6.45, 7) is 0.0133. The summed E-state index contributed by atoms with van der Waals surface area (Å²) >= 11 is 0. The Hall–Kier alpha value is -2.65. The fourth-order valence-electron chi connectivity index (χ4n) is 2.49. The summed E-state index contributed by atoms with van der Waals surface area (Å²) in [5.74, 6) is 1.92. The molecule has 27 heavy (non-hydrogen) atoms. The zero-order valence-corrected chi connectivity index (χ0v) is 16.7. The maximum atomic E-state index is 12.8. The van der Waals surface area contributed by atoms with Gasteiger partial charge >= 0.3 is 0 Å². The van der Waals surface area contributed by atoms with Crippen molar-refractivity contribution in [3.05, 3.63) is 35.9 Å². The highest BCUT2D eigenvalue weighted by molar-refractivity contribution is 7.89. The van der Waals surface area contributed by atoms with Gasteiger partial charge in [0.15, 0.2) is 11.5 Å². The predicted molar refractivity (Wildman–Crippen MR) is 99.7 cm³/mol. The molecule has 9 heteroatoms. The van der Waals surface area contributed by atoms with Crippen LogP contribution in [0.15, 0.2) is 35.2 Å². The van der Waals surface area contributed by atoms with Crippen molar-refractivity contribution in [3.63, 3.8) is 0 Å². The van der Waals surface area contributed by atoms with Gasteiger partial charge in [0.2, 0.25) is 15.8 Å². The number of hydrogen-bond acceptors (Lipinski definition) is 7.